The predicted octanol–water partition coefficient (Wildman–Crippen LogP) is 3.49. The van der Waals surface area contributed by atoms with E-state index in [-0.39, 0.29) is 5.82 Å². The van der Waals surface area contributed by atoms with Gasteiger partial charge in [-0.1, -0.05) is 18.2 Å². The van der Waals surface area contributed by atoms with Gasteiger partial charge in [0.05, 0.1) is 0 Å². The third-order valence-corrected chi connectivity index (χ3v) is 2.32. The van der Waals surface area contributed by atoms with Gasteiger partial charge in [-0.15, -0.1) is 11.8 Å². The molecule has 1 aromatic rings. The van der Waals surface area contributed by atoms with E-state index in [1.165, 1.54) is 6.07 Å². The van der Waals surface area contributed by atoms with Crippen molar-refractivity contribution in [2.45, 2.75) is 11.8 Å². The lowest BCUT2D eigenvalue weighted by molar-refractivity contribution is 0.624. The second-order valence-corrected chi connectivity index (χ2v) is 3.43. The van der Waals surface area contributed by atoms with Gasteiger partial charge in [-0.05, 0) is 25.1 Å². The maximum absolute atomic E-state index is 12.6. The smallest absolute Gasteiger partial charge is 0.124 e. The molecule has 64 valence electrons. The molecule has 0 aliphatic heterocycles. The summed E-state index contributed by atoms with van der Waals surface area (Å²) >= 11 is 1.63. The van der Waals surface area contributed by atoms with E-state index < -0.39 is 0 Å². The van der Waals surface area contributed by atoms with E-state index in [1.807, 2.05) is 19.1 Å². The van der Waals surface area contributed by atoms with E-state index >= 15 is 0 Å². The molecule has 0 aromatic heterocycles. The minimum Gasteiger partial charge on any atom is -0.207 e. The van der Waals surface area contributed by atoms with Crippen LogP contribution < -0.4 is 0 Å². The summed E-state index contributed by atoms with van der Waals surface area (Å²) < 4.78 is 12.6. The van der Waals surface area contributed by atoms with Crippen LogP contribution >= 0.6 is 11.8 Å². The van der Waals surface area contributed by atoms with Crippen LogP contribution in [0.5, 0.6) is 0 Å². The van der Waals surface area contributed by atoms with E-state index in [2.05, 4.69) is 6.08 Å². The maximum Gasteiger partial charge on any atom is 0.124 e. The quantitative estimate of drug-likeness (QED) is 0.509. The zero-order valence-corrected chi connectivity index (χ0v) is 7.77. The van der Waals surface area contributed by atoms with Crippen molar-refractivity contribution in [3.05, 3.63) is 42.2 Å². The molecule has 0 bridgehead atoms. The molecule has 12 heavy (non-hydrogen) atoms. The highest BCUT2D eigenvalue weighted by molar-refractivity contribution is 7.99. The minimum absolute atomic E-state index is 0.166. The molecule has 0 heterocycles. The average molecular weight is 182 g/mol. The molecular weight excluding hydrogens is 171 g/mol. The molecule has 2 heteroatoms. The summed E-state index contributed by atoms with van der Waals surface area (Å²) in [4.78, 5) is 0.980. The first-order valence-electron chi connectivity index (χ1n) is 3.82. The zero-order chi connectivity index (χ0) is 8.81. The van der Waals surface area contributed by atoms with Crippen molar-refractivity contribution < 1.29 is 4.39 Å². The molecule has 0 unspecified atom stereocenters. The highest BCUT2D eigenvalue weighted by atomic mass is 32.2. The summed E-state index contributed by atoms with van der Waals surface area (Å²) in [6, 6.07) is 6.65. The summed E-state index contributed by atoms with van der Waals surface area (Å²) in [6.07, 6.45) is 4.04. The molecule has 0 spiro atoms. The van der Waals surface area contributed by atoms with Gasteiger partial charge >= 0.3 is 0 Å². The molecule has 0 radical (unpaired) electrons. The molecule has 0 aliphatic rings. The topological polar surface area (TPSA) is 0 Å². The summed E-state index contributed by atoms with van der Waals surface area (Å²) in [5.74, 6) is 0.737. The van der Waals surface area contributed by atoms with E-state index in [4.69, 9.17) is 0 Å². The second-order valence-electron chi connectivity index (χ2n) is 2.34. The van der Waals surface area contributed by atoms with Gasteiger partial charge in [-0.25, -0.2) is 4.39 Å². The molecule has 0 saturated heterocycles. The van der Waals surface area contributed by atoms with Crippen LogP contribution in [0.15, 0.2) is 41.3 Å². The number of hydrogen-bond donors (Lipinski definition) is 0. The predicted molar refractivity (Wildman–Crippen MR) is 51.9 cm³/mol. The van der Waals surface area contributed by atoms with Crippen molar-refractivity contribution in [2.75, 3.05) is 5.75 Å². The molecule has 1 aromatic carbocycles. The Hall–Kier alpha value is -0.760. The van der Waals surface area contributed by atoms with Crippen molar-refractivity contribution in [1.82, 2.24) is 0 Å². The van der Waals surface area contributed by atoms with Crippen LogP contribution in [0.4, 0.5) is 4.39 Å². The van der Waals surface area contributed by atoms with Gasteiger partial charge in [0.15, 0.2) is 0 Å². The lowest BCUT2D eigenvalue weighted by Gasteiger charge is -1.96. The van der Waals surface area contributed by atoms with Crippen LogP contribution in [0.2, 0.25) is 0 Å². The molecule has 0 saturated carbocycles. The van der Waals surface area contributed by atoms with Crippen LogP contribution in [0.3, 0.4) is 0 Å². The Morgan fingerprint density at radius 1 is 1.50 bits per heavy atom. The molecular formula is C10H11FS. The molecule has 0 nitrogen and oxygen atoms in total. The minimum atomic E-state index is -0.166. The zero-order valence-electron chi connectivity index (χ0n) is 6.96. The first-order chi connectivity index (χ1) is 5.83. The van der Waals surface area contributed by atoms with E-state index in [0.29, 0.717) is 0 Å². The Morgan fingerprint density at radius 3 is 3.00 bits per heavy atom. The van der Waals surface area contributed by atoms with Crippen LogP contribution in [0.1, 0.15) is 6.92 Å². The van der Waals surface area contributed by atoms with Crippen LogP contribution in [0, 0.1) is 5.82 Å². The Kier molecular flexibility index (Phi) is 3.88. The first kappa shape index (κ1) is 9.33. The average Bonchev–Trinajstić information content (AvgIpc) is 2.05. The number of benzene rings is 1. The lowest BCUT2D eigenvalue weighted by Crippen LogP contribution is -1.76. The van der Waals surface area contributed by atoms with E-state index in [9.17, 15) is 4.39 Å². The normalized spacial score (nSPS) is 10.8. The van der Waals surface area contributed by atoms with Crippen LogP contribution in [-0.4, -0.2) is 5.75 Å². The van der Waals surface area contributed by atoms with E-state index in [0.717, 1.165) is 10.6 Å². The van der Waals surface area contributed by atoms with Crippen LogP contribution in [0.25, 0.3) is 0 Å². The fourth-order valence-electron chi connectivity index (χ4n) is 0.797. The molecule has 0 aliphatic carbocycles. The number of halogens is 1. The largest absolute Gasteiger partial charge is 0.207 e. The van der Waals surface area contributed by atoms with Crippen molar-refractivity contribution in [3.63, 3.8) is 0 Å². The molecule has 0 N–H and O–H groups in total. The number of thioether (sulfide) groups is 1. The molecule has 0 atom stereocenters. The van der Waals surface area contributed by atoms with Gasteiger partial charge in [0.25, 0.3) is 0 Å². The first-order valence-corrected chi connectivity index (χ1v) is 4.81. The summed E-state index contributed by atoms with van der Waals surface area (Å²) in [5.41, 5.74) is 0. The van der Waals surface area contributed by atoms with Gasteiger partial charge in [-0.2, -0.15) is 0 Å². The fourth-order valence-corrected chi connectivity index (χ4v) is 1.65. The summed E-state index contributed by atoms with van der Waals surface area (Å²) in [6.45, 7) is 1.98. The maximum atomic E-state index is 12.6. The van der Waals surface area contributed by atoms with Crippen molar-refractivity contribution >= 4 is 11.8 Å². The van der Waals surface area contributed by atoms with Gasteiger partial charge in [0.2, 0.25) is 0 Å². The number of allylic oxidation sites excluding steroid dienone is 1. The molecule has 0 fully saturated rings. The Labute approximate surface area is 76.5 Å². The summed E-state index contributed by atoms with van der Waals surface area (Å²) in [5, 5.41) is 0. The van der Waals surface area contributed by atoms with Gasteiger partial charge in [-0.3, -0.25) is 0 Å². The third kappa shape index (κ3) is 3.09. The SMILES string of the molecule is C/C=C/CSc1cccc(F)c1. The highest BCUT2D eigenvalue weighted by Gasteiger charge is 1.92. The number of hydrogen-bond acceptors (Lipinski definition) is 1. The fraction of sp³-hybridized carbons (Fsp3) is 0.200. The monoisotopic (exact) mass is 182 g/mol. The van der Waals surface area contributed by atoms with Gasteiger partial charge in [0.1, 0.15) is 5.82 Å². The van der Waals surface area contributed by atoms with Crippen molar-refractivity contribution in [2.24, 2.45) is 0 Å². The van der Waals surface area contributed by atoms with E-state index in [1.54, 1.807) is 23.9 Å². The third-order valence-electron chi connectivity index (χ3n) is 1.38. The standard InChI is InChI=1S/C10H11FS/c1-2-3-7-12-10-6-4-5-9(11)8-10/h2-6,8H,7H2,1H3/b3-2+. The second kappa shape index (κ2) is 4.99. The number of rotatable bonds is 3. The Balaban J connectivity index is 2.52. The lowest BCUT2D eigenvalue weighted by atomic mass is 10.4. The van der Waals surface area contributed by atoms with Crippen molar-refractivity contribution in [1.29, 1.82) is 0 Å². The Bertz CT molecular complexity index is 268. The highest BCUT2D eigenvalue weighted by Crippen LogP contribution is 2.18. The Morgan fingerprint density at radius 2 is 2.33 bits per heavy atom. The molecule has 0 amide bonds. The van der Waals surface area contributed by atoms with Crippen molar-refractivity contribution in [3.8, 4) is 0 Å². The van der Waals surface area contributed by atoms with Gasteiger partial charge < -0.3 is 0 Å². The van der Waals surface area contributed by atoms with Gasteiger partial charge in [0, 0.05) is 10.6 Å². The molecule has 1 rings (SSSR count). The summed E-state index contributed by atoms with van der Waals surface area (Å²) in [7, 11) is 0. The van der Waals surface area contributed by atoms with Crippen LogP contribution in [-0.2, 0) is 0 Å².